The second-order valence-electron chi connectivity index (χ2n) is 22.7. The zero-order valence-electron chi connectivity index (χ0n) is 48.9. The van der Waals surface area contributed by atoms with E-state index in [9.17, 15) is 0 Å². The average Bonchev–Trinajstić information content (AvgIpc) is 1.51. The highest BCUT2D eigenvalue weighted by Crippen LogP contribution is 2.48. The fraction of sp³-hybridized carbons (Fsp3) is 0.0123. The Balaban J connectivity index is 1.02. The van der Waals surface area contributed by atoms with Crippen molar-refractivity contribution in [2.24, 2.45) is 0 Å². The van der Waals surface area contributed by atoms with Gasteiger partial charge in [-0.25, -0.2) is 28.7 Å². The van der Waals surface area contributed by atoms with Gasteiger partial charge >= 0.3 is 6.18 Å². The lowest BCUT2D eigenvalue weighted by Gasteiger charge is -2.23. The molecule has 0 amide bonds. The lowest BCUT2D eigenvalue weighted by Crippen LogP contribution is -2.16. The third-order valence-electron chi connectivity index (χ3n) is 17.1. The Labute approximate surface area is 525 Å². The Morgan fingerprint density at radius 3 is 0.750 bits per heavy atom. The fourth-order valence-corrected chi connectivity index (χ4v) is 12.8. The van der Waals surface area contributed by atoms with Gasteiger partial charge in [0.05, 0.1) is 84.6 Å². The fourth-order valence-electron chi connectivity index (χ4n) is 12.8. The van der Waals surface area contributed by atoms with Crippen LogP contribution in [0.5, 0.6) is 0 Å². The van der Waals surface area contributed by atoms with Gasteiger partial charge in [0, 0.05) is 66.1 Å². The number of fused-ring (bicyclic) bond motifs is 6. The number of halogens is 5. The molecule has 0 spiro atoms. The summed E-state index contributed by atoms with van der Waals surface area (Å²) in [5, 5.41) is 2.50. The summed E-state index contributed by atoms with van der Waals surface area (Å²) in [4.78, 5) is 20.4. The zero-order valence-corrected chi connectivity index (χ0v) is 48.9. The van der Waals surface area contributed by atoms with Crippen molar-refractivity contribution in [3.8, 4) is 113 Å². The molecule has 92 heavy (non-hydrogen) atoms. The maximum Gasteiger partial charge on any atom is 0.420 e. The first-order chi connectivity index (χ1) is 45.1. The van der Waals surface area contributed by atoms with Crippen LogP contribution in [0.2, 0.25) is 0 Å². The van der Waals surface area contributed by atoms with Crippen LogP contribution >= 0.6 is 0 Å². The molecule has 0 aliphatic carbocycles. The van der Waals surface area contributed by atoms with Gasteiger partial charge in [-0.05, 0) is 103 Å². The molecule has 11 heteroatoms. The molecule has 0 radical (unpaired) electrons. The number of alkyl halides is 3. The number of aromatic nitrogens is 6. The topological polar surface area (TPSA) is 61.4 Å². The Morgan fingerprint density at radius 1 is 0.239 bits per heavy atom. The number of hydrogen-bond donors (Lipinski definition) is 0. The number of benzene rings is 10. The maximum atomic E-state index is 17.8. The van der Waals surface area contributed by atoms with Crippen LogP contribution in [0.25, 0.3) is 156 Å². The van der Waals surface area contributed by atoms with Crippen LogP contribution in [0.1, 0.15) is 5.56 Å². The second-order valence-corrected chi connectivity index (χ2v) is 22.7. The van der Waals surface area contributed by atoms with Gasteiger partial charge in [0.1, 0.15) is 17.2 Å². The van der Waals surface area contributed by atoms with Crippen molar-refractivity contribution in [3.63, 3.8) is 0 Å². The van der Waals surface area contributed by atoms with Crippen molar-refractivity contribution in [2.75, 3.05) is 0 Å². The van der Waals surface area contributed by atoms with E-state index < -0.39 is 28.9 Å². The summed E-state index contributed by atoms with van der Waals surface area (Å²) in [7, 11) is 0. The molecule has 6 heterocycles. The molecule has 0 atom stereocenters. The molecule has 16 rings (SSSR count). The van der Waals surface area contributed by atoms with Gasteiger partial charge in [-0.15, -0.1) is 0 Å². The predicted octanol–water partition coefficient (Wildman–Crippen LogP) is 21.8. The number of hydrogen-bond acceptors (Lipinski definition) is 4. The van der Waals surface area contributed by atoms with Crippen LogP contribution in [-0.4, -0.2) is 29.1 Å². The summed E-state index contributed by atoms with van der Waals surface area (Å²) < 4.78 is 90.3. The van der Waals surface area contributed by atoms with Gasteiger partial charge < -0.3 is 9.13 Å². The molecule has 0 N–H and O–H groups in total. The van der Waals surface area contributed by atoms with E-state index in [0.29, 0.717) is 111 Å². The van der Waals surface area contributed by atoms with E-state index in [4.69, 9.17) is 19.9 Å². The smallest absolute Gasteiger partial charge is 0.308 e. The summed E-state index contributed by atoms with van der Waals surface area (Å²) in [6.07, 6.45) is -5.15. The average molecular weight is 1200 g/mol. The van der Waals surface area contributed by atoms with E-state index in [1.54, 1.807) is 9.13 Å². The first kappa shape index (κ1) is 55.4. The first-order valence-corrected chi connectivity index (χ1v) is 30.0. The molecular weight excluding hydrogens is 1150 g/mol. The minimum absolute atomic E-state index is 0.132. The van der Waals surface area contributed by atoms with Crippen molar-refractivity contribution in [3.05, 3.63) is 314 Å². The highest BCUT2D eigenvalue weighted by molar-refractivity contribution is 6.13. The number of pyridine rings is 4. The summed E-state index contributed by atoms with van der Waals surface area (Å²) in [6, 6.07) is 90.5. The van der Waals surface area contributed by atoms with E-state index in [1.165, 1.54) is 18.2 Å². The van der Waals surface area contributed by atoms with Gasteiger partial charge in [0.2, 0.25) is 0 Å². The molecule has 0 unspecified atom stereocenters. The minimum atomic E-state index is -5.15. The maximum absolute atomic E-state index is 17.8. The van der Waals surface area contributed by atoms with Crippen LogP contribution < -0.4 is 0 Å². The summed E-state index contributed by atoms with van der Waals surface area (Å²) >= 11 is 0. The van der Waals surface area contributed by atoms with Crippen molar-refractivity contribution >= 4 is 43.6 Å². The van der Waals surface area contributed by atoms with Gasteiger partial charge in [0.15, 0.2) is 0 Å². The summed E-state index contributed by atoms with van der Waals surface area (Å²) in [5.41, 5.74) is 10.3. The second kappa shape index (κ2) is 22.6. The van der Waals surface area contributed by atoms with Gasteiger partial charge in [0.25, 0.3) is 0 Å². The molecule has 6 nitrogen and oxygen atoms in total. The van der Waals surface area contributed by atoms with E-state index >= 15 is 22.0 Å². The molecule has 0 fully saturated rings. The lowest BCUT2D eigenvalue weighted by atomic mass is 9.98. The lowest BCUT2D eigenvalue weighted by molar-refractivity contribution is -0.137. The molecule has 0 aliphatic rings. The molecule has 16 aromatic rings. The molecule has 0 bridgehead atoms. The highest BCUT2D eigenvalue weighted by Gasteiger charge is 2.40. The van der Waals surface area contributed by atoms with Crippen molar-refractivity contribution < 1.29 is 22.0 Å². The van der Waals surface area contributed by atoms with Gasteiger partial charge in [-0.1, -0.05) is 200 Å². The summed E-state index contributed by atoms with van der Waals surface area (Å²) in [5.74, 6) is -1.91. The molecule has 6 aromatic heterocycles. The third kappa shape index (κ3) is 9.93. The Kier molecular flexibility index (Phi) is 13.6. The predicted molar refractivity (Wildman–Crippen MR) is 360 cm³/mol. The Bertz CT molecular complexity index is 4920. The molecule has 0 aliphatic heterocycles. The standard InChI is InChI=1S/C81H49F5N6/c82-63-26-13-27-64(83)79(63)58-48-77(91-73-44-54(69-32-14-28-65(87-69)50-18-5-1-6-19-50)36-40-59(73)60-41-37-55(45-74(60)91)70-33-15-29-66(88-70)51-20-7-2-8-21-51)80(81(84,85)86)78(49-58)92-75-46-56(71-34-16-30-67(89-71)52-22-9-3-10-23-52)38-42-61(75)62-43-39-57(47-76(62)92)72-35-17-31-68(90-72)53-24-11-4-12-25-53/h1-49H. The van der Waals surface area contributed by atoms with Crippen molar-refractivity contribution in [1.29, 1.82) is 0 Å². The normalized spacial score (nSPS) is 11.8. The third-order valence-corrected chi connectivity index (χ3v) is 17.1. The SMILES string of the molecule is Fc1cccc(F)c1-c1cc(-n2c3cc(-c4cccc(-c5ccccc5)n4)ccc3c3ccc(-c4cccc(-c5ccccc5)n4)cc32)c(C(F)(F)F)c(-n2c3cc(-c4cccc(-c5ccccc5)n4)ccc3c3ccc(-c4cccc(-c5ccccc5)n4)cc32)c1. The Hall–Kier alpha value is -12.0. The van der Waals surface area contributed by atoms with E-state index in [1.807, 2.05) is 267 Å². The first-order valence-electron chi connectivity index (χ1n) is 30.0. The number of nitrogens with zero attached hydrogens (tertiary/aromatic N) is 6. The van der Waals surface area contributed by atoms with Gasteiger partial charge in [-0.3, -0.25) is 0 Å². The largest absolute Gasteiger partial charge is 0.420 e. The van der Waals surface area contributed by atoms with E-state index in [0.717, 1.165) is 34.4 Å². The molecule has 0 saturated heterocycles. The zero-order chi connectivity index (χ0) is 62.0. The quantitative estimate of drug-likeness (QED) is 0.121. The van der Waals surface area contributed by atoms with Crippen LogP contribution in [0.4, 0.5) is 22.0 Å². The van der Waals surface area contributed by atoms with E-state index in [-0.39, 0.29) is 16.9 Å². The van der Waals surface area contributed by atoms with E-state index in [2.05, 4.69) is 0 Å². The molecule has 10 aromatic carbocycles. The molecule has 0 saturated carbocycles. The monoisotopic (exact) mass is 1200 g/mol. The van der Waals surface area contributed by atoms with Crippen LogP contribution in [0.3, 0.4) is 0 Å². The van der Waals surface area contributed by atoms with Crippen LogP contribution in [-0.2, 0) is 6.18 Å². The highest BCUT2D eigenvalue weighted by atomic mass is 19.4. The van der Waals surface area contributed by atoms with Crippen LogP contribution in [0.15, 0.2) is 297 Å². The van der Waals surface area contributed by atoms with Gasteiger partial charge in [-0.2, -0.15) is 13.2 Å². The molecular formula is C81H49F5N6. The summed E-state index contributed by atoms with van der Waals surface area (Å²) in [6.45, 7) is 0. The van der Waals surface area contributed by atoms with Crippen LogP contribution in [0, 0.1) is 11.6 Å². The van der Waals surface area contributed by atoms with Crippen molar-refractivity contribution in [2.45, 2.75) is 6.18 Å². The molecule has 438 valence electrons. The Morgan fingerprint density at radius 2 is 0.489 bits per heavy atom. The number of rotatable bonds is 11. The minimum Gasteiger partial charge on any atom is -0.308 e. The van der Waals surface area contributed by atoms with Crippen molar-refractivity contribution in [1.82, 2.24) is 29.1 Å².